The third-order valence-electron chi connectivity index (χ3n) is 4.39. The van der Waals surface area contributed by atoms with Crippen LogP contribution < -0.4 is 14.8 Å². The molecule has 0 amide bonds. The van der Waals surface area contributed by atoms with Gasteiger partial charge in [0.05, 0.1) is 11.4 Å². The molecule has 4 heterocycles. The molecule has 0 saturated heterocycles. The van der Waals surface area contributed by atoms with E-state index < -0.39 is 0 Å². The number of aryl methyl sites for hydroxylation is 2. The molecule has 0 saturated carbocycles. The van der Waals surface area contributed by atoms with E-state index in [-0.39, 0.29) is 23.8 Å². The van der Waals surface area contributed by atoms with Gasteiger partial charge in [0.25, 0.3) is 0 Å². The second-order valence-electron chi connectivity index (χ2n) is 6.16. The van der Waals surface area contributed by atoms with Crippen molar-refractivity contribution in [2.75, 3.05) is 12.1 Å². The van der Waals surface area contributed by atoms with Crippen molar-refractivity contribution in [2.24, 2.45) is 0 Å². The highest BCUT2D eigenvalue weighted by molar-refractivity contribution is 8.93. The number of aromatic nitrogens is 3. The quantitative estimate of drug-likeness (QED) is 0.474. The second kappa shape index (κ2) is 6.86. The van der Waals surface area contributed by atoms with Crippen LogP contribution in [0.4, 0.5) is 10.8 Å². The molecule has 0 radical (unpaired) electrons. The number of halogens is 1. The number of anilines is 2. The molecule has 0 unspecified atom stereocenters. The maximum atomic E-state index is 5.43. The molecule has 0 aliphatic carbocycles. The summed E-state index contributed by atoms with van der Waals surface area (Å²) in [6, 6.07) is 9.88. The van der Waals surface area contributed by atoms with Gasteiger partial charge in [0.2, 0.25) is 6.79 Å². The second-order valence-corrected chi connectivity index (χ2v) is 7.02. The normalized spacial score (nSPS) is 12.2. The van der Waals surface area contributed by atoms with E-state index in [2.05, 4.69) is 22.7 Å². The maximum absolute atomic E-state index is 5.43. The zero-order valence-electron chi connectivity index (χ0n) is 14.7. The molecule has 8 heteroatoms. The molecule has 6 nitrogen and oxygen atoms in total. The van der Waals surface area contributed by atoms with Crippen LogP contribution in [0.25, 0.3) is 17.0 Å². The third-order valence-corrected chi connectivity index (χ3v) is 5.15. The zero-order valence-corrected chi connectivity index (χ0v) is 17.3. The Morgan fingerprint density at radius 1 is 1.11 bits per heavy atom. The molecule has 5 rings (SSSR count). The Balaban J connectivity index is 0.00000180. The van der Waals surface area contributed by atoms with Crippen LogP contribution in [-0.2, 0) is 0 Å². The molecule has 0 bridgehead atoms. The van der Waals surface area contributed by atoms with Crippen LogP contribution in [0.3, 0.4) is 0 Å². The lowest BCUT2D eigenvalue weighted by molar-refractivity contribution is 0.174. The van der Waals surface area contributed by atoms with Crippen molar-refractivity contribution in [1.29, 1.82) is 0 Å². The number of nitrogens with one attached hydrogen (secondary N) is 1. The van der Waals surface area contributed by atoms with Gasteiger partial charge in [-0.25, -0.2) is 9.97 Å². The highest BCUT2D eigenvalue weighted by atomic mass is 79.9. The van der Waals surface area contributed by atoms with Crippen LogP contribution in [0, 0.1) is 13.8 Å². The number of nitrogens with zero attached hydrogens (tertiary/aromatic N) is 3. The van der Waals surface area contributed by atoms with Crippen LogP contribution in [0.5, 0.6) is 11.5 Å². The van der Waals surface area contributed by atoms with Gasteiger partial charge in [-0.3, -0.25) is 4.40 Å². The molecule has 3 aromatic heterocycles. The minimum absolute atomic E-state index is 0. The standard InChI is InChI=1S/C19H16N4O2S.BrH/c1-11-4-3-7-23-17(12(2)20-18(11)23)14-9-26-19(22-14)21-13-5-6-15-16(8-13)25-10-24-15;/h3-9H,10H2,1-2H3,(H,21,22);1H. The first kappa shape index (κ1) is 17.8. The molecule has 4 aromatic rings. The fraction of sp³-hybridized carbons (Fsp3) is 0.158. The number of imidazole rings is 1. The molecule has 1 aliphatic heterocycles. The van der Waals surface area contributed by atoms with E-state index in [0.29, 0.717) is 0 Å². The summed E-state index contributed by atoms with van der Waals surface area (Å²) in [5.41, 5.74) is 5.95. The Bertz CT molecular complexity index is 1140. The lowest BCUT2D eigenvalue weighted by atomic mass is 10.2. The predicted octanol–water partition coefficient (Wildman–Crippen LogP) is 5.12. The molecule has 27 heavy (non-hydrogen) atoms. The van der Waals surface area contributed by atoms with Crippen LogP contribution >= 0.6 is 28.3 Å². The number of benzene rings is 1. The van der Waals surface area contributed by atoms with E-state index in [0.717, 1.165) is 50.6 Å². The van der Waals surface area contributed by atoms with Crippen LogP contribution in [0.1, 0.15) is 11.3 Å². The van der Waals surface area contributed by atoms with Crippen molar-refractivity contribution in [2.45, 2.75) is 13.8 Å². The third kappa shape index (κ3) is 3.04. The molecule has 1 aromatic carbocycles. The summed E-state index contributed by atoms with van der Waals surface area (Å²) in [7, 11) is 0. The summed E-state index contributed by atoms with van der Waals surface area (Å²) < 4.78 is 12.9. The molecule has 1 N–H and O–H groups in total. The van der Waals surface area contributed by atoms with Crippen molar-refractivity contribution in [3.8, 4) is 22.9 Å². The van der Waals surface area contributed by atoms with Gasteiger partial charge in [-0.15, -0.1) is 28.3 Å². The van der Waals surface area contributed by atoms with Gasteiger partial charge in [-0.2, -0.15) is 0 Å². The molecule has 0 atom stereocenters. The van der Waals surface area contributed by atoms with Gasteiger partial charge in [-0.1, -0.05) is 6.07 Å². The number of thiazole rings is 1. The van der Waals surface area contributed by atoms with Gasteiger partial charge >= 0.3 is 0 Å². The monoisotopic (exact) mass is 444 g/mol. The van der Waals surface area contributed by atoms with E-state index in [1.165, 1.54) is 0 Å². The van der Waals surface area contributed by atoms with Gasteiger partial charge in [0.15, 0.2) is 16.6 Å². The number of pyridine rings is 1. The van der Waals surface area contributed by atoms with Crippen LogP contribution in [0.15, 0.2) is 41.9 Å². The summed E-state index contributed by atoms with van der Waals surface area (Å²) in [6.45, 7) is 4.36. The lowest BCUT2D eigenvalue weighted by Gasteiger charge is -2.04. The molecular formula is C19H17BrN4O2S. The minimum atomic E-state index is 0. The van der Waals surface area contributed by atoms with E-state index in [9.17, 15) is 0 Å². The van der Waals surface area contributed by atoms with E-state index in [4.69, 9.17) is 19.4 Å². The van der Waals surface area contributed by atoms with Gasteiger partial charge in [-0.05, 0) is 37.6 Å². The molecule has 0 fully saturated rings. The SMILES string of the molecule is Br.Cc1nc2c(C)cccn2c1-c1csc(Nc2ccc3c(c2)OCO3)n1. The summed E-state index contributed by atoms with van der Waals surface area (Å²) in [5.74, 6) is 1.52. The highest BCUT2D eigenvalue weighted by Crippen LogP contribution is 2.36. The molecule has 0 spiro atoms. The Morgan fingerprint density at radius 2 is 1.96 bits per heavy atom. The Hall–Kier alpha value is -2.58. The lowest BCUT2D eigenvalue weighted by Crippen LogP contribution is -1.93. The number of rotatable bonds is 3. The first-order valence-electron chi connectivity index (χ1n) is 8.26. The molecular weight excluding hydrogens is 428 g/mol. The van der Waals surface area contributed by atoms with Gasteiger partial charge < -0.3 is 14.8 Å². The first-order chi connectivity index (χ1) is 12.7. The average molecular weight is 445 g/mol. The largest absolute Gasteiger partial charge is 0.454 e. The van der Waals surface area contributed by atoms with Crippen LogP contribution in [0.2, 0.25) is 0 Å². The fourth-order valence-corrected chi connectivity index (χ4v) is 3.88. The zero-order chi connectivity index (χ0) is 17.7. The van der Waals surface area contributed by atoms with Crippen molar-refractivity contribution >= 4 is 44.8 Å². The first-order valence-corrected chi connectivity index (χ1v) is 9.14. The summed E-state index contributed by atoms with van der Waals surface area (Å²) in [6.07, 6.45) is 2.03. The number of ether oxygens (including phenoxy) is 2. The van der Waals surface area contributed by atoms with Crippen molar-refractivity contribution in [3.05, 3.63) is 53.2 Å². The Kier molecular flexibility index (Phi) is 4.53. The predicted molar refractivity (Wildman–Crippen MR) is 112 cm³/mol. The van der Waals surface area contributed by atoms with E-state index >= 15 is 0 Å². The Morgan fingerprint density at radius 3 is 2.85 bits per heavy atom. The molecule has 138 valence electrons. The smallest absolute Gasteiger partial charge is 0.231 e. The Labute approximate surface area is 170 Å². The van der Waals surface area contributed by atoms with Crippen molar-refractivity contribution < 1.29 is 9.47 Å². The summed E-state index contributed by atoms with van der Waals surface area (Å²) in [4.78, 5) is 9.46. The molecule has 1 aliphatic rings. The van der Waals surface area contributed by atoms with Crippen LogP contribution in [-0.4, -0.2) is 21.2 Å². The van der Waals surface area contributed by atoms with Crippen molar-refractivity contribution in [1.82, 2.24) is 14.4 Å². The minimum Gasteiger partial charge on any atom is -0.454 e. The van der Waals surface area contributed by atoms with Gasteiger partial charge in [0.1, 0.15) is 11.3 Å². The average Bonchev–Trinajstić information content (AvgIpc) is 3.33. The number of fused-ring (bicyclic) bond motifs is 2. The van der Waals surface area contributed by atoms with Gasteiger partial charge in [0, 0.05) is 23.3 Å². The number of hydrogen-bond donors (Lipinski definition) is 1. The summed E-state index contributed by atoms with van der Waals surface area (Å²) in [5, 5.41) is 6.21. The van der Waals surface area contributed by atoms with E-state index in [1.807, 2.05) is 42.8 Å². The topological polar surface area (TPSA) is 60.7 Å². The fourth-order valence-electron chi connectivity index (χ4n) is 3.16. The summed E-state index contributed by atoms with van der Waals surface area (Å²) >= 11 is 1.56. The van der Waals surface area contributed by atoms with E-state index in [1.54, 1.807) is 11.3 Å². The number of hydrogen-bond acceptors (Lipinski definition) is 6. The van der Waals surface area contributed by atoms with Crippen molar-refractivity contribution in [3.63, 3.8) is 0 Å². The highest BCUT2D eigenvalue weighted by Gasteiger charge is 2.16. The maximum Gasteiger partial charge on any atom is 0.231 e.